The molecule has 148 valence electrons. The van der Waals surface area contributed by atoms with Crippen LogP contribution in [-0.2, 0) is 10.0 Å². The fraction of sp³-hybridized carbons (Fsp3) is 0.111. The maximum Gasteiger partial charge on any atom is 0.266 e. The lowest BCUT2D eigenvalue weighted by atomic mass is 10.3. The van der Waals surface area contributed by atoms with E-state index in [2.05, 4.69) is 29.5 Å². The van der Waals surface area contributed by atoms with Crippen LogP contribution in [0, 0.1) is 13.8 Å². The summed E-state index contributed by atoms with van der Waals surface area (Å²) in [4.78, 5) is 8.27. The quantitative estimate of drug-likeness (QED) is 0.512. The summed E-state index contributed by atoms with van der Waals surface area (Å²) in [7, 11) is -3.76. The molecule has 0 aliphatic rings. The first-order valence-electron chi connectivity index (χ1n) is 8.46. The van der Waals surface area contributed by atoms with Crippen molar-refractivity contribution in [1.29, 1.82) is 0 Å². The first kappa shape index (κ1) is 18.6. The van der Waals surface area contributed by atoms with Gasteiger partial charge in [-0.15, -0.1) is 0 Å². The molecule has 0 saturated carbocycles. The third-order valence-corrected chi connectivity index (χ3v) is 5.23. The normalized spacial score (nSPS) is 11.4. The second kappa shape index (κ2) is 7.36. The van der Waals surface area contributed by atoms with Crippen molar-refractivity contribution in [2.45, 2.75) is 18.7 Å². The highest BCUT2D eigenvalue weighted by Crippen LogP contribution is 2.24. The second-order valence-corrected chi connectivity index (χ2v) is 7.83. The summed E-state index contributed by atoms with van der Waals surface area (Å²) in [6.45, 7) is 3.84. The summed E-state index contributed by atoms with van der Waals surface area (Å²) in [5.74, 6) is 1.40. The van der Waals surface area contributed by atoms with Gasteiger partial charge in [-0.2, -0.15) is 5.10 Å². The van der Waals surface area contributed by atoms with E-state index >= 15 is 0 Å². The van der Waals surface area contributed by atoms with E-state index in [4.69, 9.17) is 4.74 Å². The van der Waals surface area contributed by atoms with Gasteiger partial charge in [0.25, 0.3) is 10.0 Å². The predicted octanol–water partition coefficient (Wildman–Crippen LogP) is 2.86. The summed E-state index contributed by atoms with van der Waals surface area (Å²) < 4.78 is 38.8. The molecule has 0 unspecified atom stereocenters. The van der Waals surface area contributed by atoms with E-state index in [0.717, 1.165) is 23.8 Å². The molecule has 0 atom stereocenters. The number of nitrogens with one attached hydrogen (secondary N) is 1. The summed E-state index contributed by atoms with van der Waals surface area (Å²) in [5.41, 5.74) is 2.19. The van der Waals surface area contributed by atoms with Crippen molar-refractivity contribution >= 4 is 15.7 Å². The van der Waals surface area contributed by atoms with E-state index in [-0.39, 0.29) is 4.90 Å². The van der Waals surface area contributed by atoms with Gasteiger partial charge in [0, 0.05) is 17.4 Å². The van der Waals surface area contributed by atoms with Crippen molar-refractivity contribution in [3.8, 4) is 17.4 Å². The van der Waals surface area contributed by atoms with Crippen LogP contribution in [0.3, 0.4) is 0 Å². The zero-order chi connectivity index (χ0) is 20.4. The summed E-state index contributed by atoms with van der Waals surface area (Å²) in [6, 6.07) is 10.0. The second-order valence-electron chi connectivity index (χ2n) is 6.15. The summed E-state index contributed by atoms with van der Waals surface area (Å²) >= 11 is 0. The van der Waals surface area contributed by atoms with Crippen molar-refractivity contribution in [3.63, 3.8) is 0 Å². The number of anilines is 1. The molecule has 4 rings (SSSR count). The van der Waals surface area contributed by atoms with E-state index in [0.29, 0.717) is 23.1 Å². The predicted molar refractivity (Wildman–Crippen MR) is 102 cm³/mol. The van der Waals surface area contributed by atoms with Gasteiger partial charge in [0.15, 0.2) is 5.82 Å². The Balaban J connectivity index is 1.49. The van der Waals surface area contributed by atoms with Gasteiger partial charge >= 0.3 is 0 Å². The molecule has 0 radical (unpaired) electrons. The van der Waals surface area contributed by atoms with Gasteiger partial charge in [-0.05, 0) is 44.2 Å². The number of ether oxygens (including phenoxy) is 1. The van der Waals surface area contributed by atoms with Crippen LogP contribution in [0.15, 0.2) is 64.6 Å². The van der Waals surface area contributed by atoms with Crippen LogP contribution in [0.2, 0.25) is 0 Å². The van der Waals surface area contributed by atoms with Crippen LogP contribution >= 0.6 is 0 Å². The minimum Gasteiger partial charge on any atom is -0.439 e. The van der Waals surface area contributed by atoms with Gasteiger partial charge in [0.1, 0.15) is 23.2 Å². The Labute approximate surface area is 166 Å². The van der Waals surface area contributed by atoms with Crippen LogP contribution in [0.1, 0.15) is 11.4 Å². The standard InChI is InChI=1S/C18H16N6O4S/c1-12-7-13(2)24(22-12)17-8-18(20-11-19-17)28-15-5-3-14(4-6-15)23-29(25,26)16-9-21-27-10-16/h3-11,23H,1-2H3. The highest BCUT2D eigenvalue weighted by molar-refractivity contribution is 7.92. The zero-order valence-electron chi connectivity index (χ0n) is 15.5. The Morgan fingerprint density at radius 3 is 2.55 bits per heavy atom. The monoisotopic (exact) mass is 412 g/mol. The molecule has 3 heterocycles. The molecule has 29 heavy (non-hydrogen) atoms. The highest BCUT2D eigenvalue weighted by atomic mass is 32.2. The molecule has 1 aromatic carbocycles. The van der Waals surface area contributed by atoms with E-state index < -0.39 is 10.0 Å². The lowest BCUT2D eigenvalue weighted by molar-refractivity contribution is 0.417. The van der Waals surface area contributed by atoms with E-state index in [1.807, 2.05) is 19.9 Å². The Morgan fingerprint density at radius 2 is 1.90 bits per heavy atom. The smallest absolute Gasteiger partial charge is 0.266 e. The molecule has 10 nitrogen and oxygen atoms in total. The van der Waals surface area contributed by atoms with E-state index in [1.54, 1.807) is 35.0 Å². The van der Waals surface area contributed by atoms with E-state index in [9.17, 15) is 8.42 Å². The molecule has 0 saturated heterocycles. The molecule has 0 aliphatic carbocycles. The van der Waals surface area contributed by atoms with Gasteiger partial charge in [-0.25, -0.2) is 23.1 Å². The maximum absolute atomic E-state index is 12.2. The lowest BCUT2D eigenvalue weighted by Crippen LogP contribution is -2.11. The van der Waals surface area contributed by atoms with Crippen LogP contribution in [0.25, 0.3) is 5.82 Å². The molecule has 0 spiro atoms. The van der Waals surface area contributed by atoms with Crippen molar-refractivity contribution in [2.24, 2.45) is 0 Å². The van der Waals surface area contributed by atoms with Gasteiger partial charge in [-0.1, -0.05) is 5.16 Å². The van der Waals surface area contributed by atoms with Crippen molar-refractivity contribution in [2.75, 3.05) is 4.72 Å². The Kier molecular flexibility index (Phi) is 4.72. The van der Waals surface area contributed by atoms with Gasteiger partial charge in [0.2, 0.25) is 5.88 Å². The molecule has 0 fully saturated rings. The zero-order valence-corrected chi connectivity index (χ0v) is 16.3. The van der Waals surface area contributed by atoms with Crippen LogP contribution in [0.5, 0.6) is 11.6 Å². The minimum atomic E-state index is -3.76. The highest BCUT2D eigenvalue weighted by Gasteiger charge is 2.16. The largest absolute Gasteiger partial charge is 0.439 e. The van der Waals surface area contributed by atoms with Gasteiger partial charge < -0.3 is 9.26 Å². The fourth-order valence-corrected chi connectivity index (χ4v) is 3.53. The maximum atomic E-state index is 12.2. The first-order chi connectivity index (χ1) is 13.9. The Bertz CT molecular complexity index is 1230. The van der Waals surface area contributed by atoms with Crippen LogP contribution in [0.4, 0.5) is 5.69 Å². The van der Waals surface area contributed by atoms with Gasteiger partial charge in [0.05, 0.1) is 11.9 Å². The number of benzene rings is 1. The van der Waals surface area contributed by atoms with E-state index in [1.165, 1.54) is 6.33 Å². The number of aromatic nitrogens is 5. The molecule has 1 N–H and O–H groups in total. The summed E-state index contributed by atoms with van der Waals surface area (Å²) in [5, 5.41) is 7.78. The number of nitrogens with zero attached hydrogens (tertiary/aromatic N) is 5. The Morgan fingerprint density at radius 1 is 1.10 bits per heavy atom. The number of rotatable bonds is 6. The van der Waals surface area contributed by atoms with Crippen molar-refractivity contribution in [1.82, 2.24) is 24.9 Å². The summed E-state index contributed by atoms with van der Waals surface area (Å²) in [6.07, 6.45) is 3.56. The molecule has 0 aliphatic heterocycles. The minimum absolute atomic E-state index is 0.0597. The lowest BCUT2D eigenvalue weighted by Gasteiger charge is -2.09. The number of sulfonamides is 1. The molecule has 11 heteroatoms. The average molecular weight is 412 g/mol. The number of hydrogen-bond donors (Lipinski definition) is 1. The average Bonchev–Trinajstić information content (AvgIpc) is 3.34. The van der Waals surface area contributed by atoms with Crippen molar-refractivity contribution < 1.29 is 17.7 Å². The molecule has 4 aromatic rings. The molecular formula is C18H16N6O4S. The first-order valence-corrected chi connectivity index (χ1v) is 9.95. The SMILES string of the molecule is Cc1cc(C)n(-c2cc(Oc3ccc(NS(=O)(=O)c4cnoc4)cc3)ncn2)n1. The van der Waals surface area contributed by atoms with Gasteiger partial charge in [-0.3, -0.25) is 4.72 Å². The Hall–Kier alpha value is -3.73. The molecule has 0 amide bonds. The van der Waals surface area contributed by atoms with Crippen LogP contribution < -0.4 is 9.46 Å². The third kappa shape index (κ3) is 4.09. The number of aryl methyl sites for hydroxylation is 2. The fourth-order valence-electron chi connectivity index (χ4n) is 2.62. The topological polar surface area (TPSA) is 125 Å². The third-order valence-electron chi connectivity index (χ3n) is 3.90. The van der Waals surface area contributed by atoms with Crippen molar-refractivity contribution in [3.05, 3.63) is 66.6 Å². The number of hydrogen-bond acceptors (Lipinski definition) is 8. The molecule has 0 bridgehead atoms. The molecular weight excluding hydrogens is 396 g/mol. The molecule has 3 aromatic heterocycles. The van der Waals surface area contributed by atoms with Crippen LogP contribution in [-0.4, -0.2) is 33.3 Å².